The highest BCUT2D eigenvalue weighted by Crippen LogP contribution is 2.36. The van der Waals surface area contributed by atoms with Gasteiger partial charge < -0.3 is 0 Å². The van der Waals surface area contributed by atoms with Crippen LogP contribution >= 0.6 is 0 Å². The number of hydrogen-bond donors (Lipinski definition) is 0. The molecule has 1 aromatic carbocycles. The molecule has 1 fully saturated rings. The summed E-state index contributed by atoms with van der Waals surface area (Å²) in [6.07, 6.45) is -3.22. The molecule has 9 heteroatoms. The van der Waals surface area contributed by atoms with Crippen molar-refractivity contribution in [3.05, 3.63) is 74.1 Å². The Kier molecular flexibility index (Phi) is 5.47. The van der Waals surface area contributed by atoms with Crippen LogP contribution in [-0.4, -0.2) is 32.1 Å². The van der Waals surface area contributed by atoms with Gasteiger partial charge in [0.1, 0.15) is 5.65 Å². The molecule has 0 unspecified atom stereocenters. The van der Waals surface area contributed by atoms with Crippen molar-refractivity contribution in [1.82, 2.24) is 19.0 Å². The molecule has 1 aliphatic rings. The number of likely N-dealkylation sites (tertiary alicyclic amines) is 1. The van der Waals surface area contributed by atoms with Gasteiger partial charge in [0.05, 0.1) is 10.9 Å². The Morgan fingerprint density at radius 2 is 1.81 bits per heavy atom. The lowest BCUT2D eigenvalue weighted by Crippen LogP contribution is -2.39. The maximum atomic E-state index is 13.9. The van der Waals surface area contributed by atoms with Crippen LogP contribution in [-0.2, 0) is 26.8 Å². The van der Waals surface area contributed by atoms with Gasteiger partial charge in [0, 0.05) is 38.8 Å². The number of hydrogen-bond acceptors (Lipinski definition) is 4. The van der Waals surface area contributed by atoms with E-state index in [1.807, 2.05) is 30.3 Å². The van der Waals surface area contributed by atoms with Gasteiger partial charge in [-0.15, -0.1) is 0 Å². The number of fused-ring (bicyclic) bond motifs is 1. The molecular formula is C22H23F3N4O2. The van der Waals surface area contributed by atoms with Crippen LogP contribution in [0.5, 0.6) is 0 Å². The molecule has 1 atom stereocenters. The van der Waals surface area contributed by atoms with Gasteiger partial charge in [0.25, 0.3) is 5.56 Å². The molecular weight excluding hydrogens is 409 g/mol. The molecule has 0 saturated carbocycles. The molecule has 4 rings (SSSR count). The number of piperidine rings is 1. The summed E-state index contributed by atoms with van der Waals surface area (Å²) in [4.78, 5) is 31.4. The van der Waals surface area contributed by atoms with Gasteiger partial charge in [-0.05, 0) is 31.0 Å². The first-order valence-electron chi connectivity index (χ1n) is 10.1. The quantitative estimate of drug-likeness (QED) is 0.639. The minimum absolute atomic E-state index is 0.220. The van der Waals surface area contributed by atoms with Gasteiger partial charge in [0.2, 0.25) is 0 Å². The Morgan fingerprint density at radius 3 is 2.48 bits per heavy atom. The van der Waals surface area contributed by atoms with E-state index in [2.05, 4.69) is 9.88 Å². The highest BCUT2D eigenvalue weighted by Gasteiger charge is 2.37. The van der Waals surface area contributed by atoms with Crippen molar-refractivity contribution in [3.63, 3.8) is 0 Å². The third-order valence-corrected chi connectivity index (χ3v) is 5.91. The smallest absolute Gasteiger partial charge is 0.298 e. The number of pyridine rings is 1. The molecule has 6 nitrogen and oxygen atoms in total. The molecule has 2 aromatic heterocycles. The molecule has 1 aliphatic heterocycles. The molecule has 3 aromatic rings. The predicted octanol–water partition coefficient (Wildman–Crippen LogP) is 3.03. The molecule has 0 spiro atoms. The molecule has 0 radical (unpaired) electrons. The van der Waals surface area contributed by atoms with Crippen LogP contribution in [0.4, 0.5) is 13.2 Å². The third-order valence-electron chi connectivity index (χ3n) is 5.91. The van der Waals surface area contributed by atoms with Gasteiger partial charge in [-0.2, -0.15) is 13.2 Å². The second-order valence-corrected chi connectivity index (χ2v) is 8.06. The molecule has 0 N–H and O–H groups in total. The number of aromatic nitrogens is 3. The highest BCUT2D eigenvalue weighted by atomic mass is 19.4. The zero-order valence-electron chi connectivity index (χ0n) is 17.3. The van der Waals surface area contributed by atoms with E-state index in [4.69, 9.17) is 0 Å². The van der Waals surface area contributed by atoms with Crippen LogP contribution < -0.4 is 11.2 Å². The lowest BCUT2D eigenvalue weighted by molar-refractivity contribution is -0.136. The topological polar surface area (TPSA) is 60.1 Å². The number of rotatable bonds is 3. The first kappa shape index (κ1) is 21.3. The van der Waals surface area contributed by atoms with E-state index in [0.717, 1.165) is 29.2 Å². The SMILES string of the molecule is Cn1c(=O)c2c(C(F)(F)F)cc([C@@H]3CCCN(Cc4ccccc4)C3)nc2n(C)c1=O. The van der Waals surface area contributed by atoms with Crippen molar-refractivity contribution >= 4 is 11.0 Å². The lowest BCUT2D eigenvalue weighted by Gasteiger charge is -2.33. The summed E-state index contributed by atoms with van der Waals surface area (Å²) in [6.45, 7) is 2.11. The fraction of sp³-hybridized carbons (Fsp3) is 0.409. The van der Waals surface area contributed by atoms with Gasteiger partial charge in [0.15, 0.2) is 0 Å². The van der Waals surface area contributed by atoms with E-state index >= 15 is 0 Å². The maximum absolute atomic E-state index is 13.9. The van der Waals surface area contributed by atoms with Crippen LogP contribution in [0.1, 0.15) is 35.6 Å². The predicted molar refractivity (Wildman–Crippen MR) is 111 cm³/mol. The zero-order valence-corrected chi connectivity index (χ0v) is 17.3. The van der Waals surface area contributed by atoms with Gasteiger partial charge in [-0.1, -0.05) is 30.3 Å². The van der Waals surface area contributed by atoms with Crippen molar-refractivity contribution < 1.29 is 13.2 Å². The van der Waals surface area contributed by atoms with Crippen LogP contribution in [0.3, 0.4) is 0 Å². The van der Waals surface area contributed by atoms with Crippen LogP contribution in [0.25, 0.3) is 11.0 Å². The van der Waals surface area contributed by atoms with Crippen molar-refractivity contribution in [2.24, 2.45) is 14.1 Å². The number of benzene rings is 1. The Hall–Kier alpha value is -2.94. The second kappa shape index (κ2) is 7.96. The summed E-state index contributed by atoms with van der Waals surface area (Å²) in [6, 6.07) is 10.9. The van der Waals surface area contributed by atoms with Gasteiger partial charge >= 0.3 is 11.9 Å². The summed E-state index contributed by atoms with van der Waals surface area (Å²) < 4.78 is 43.4. The molecule has 1 saturated heterocycles. The van der Waals surface area contributed by atoms with Gasteiger partial charge in [-0.25, -0.2) is 9.78 Å². The average molecular weight is 432 g/mol. The van der Waals surface area contributed by atoms with E-state index in [1.54, 1.807) is 0 Å². The highest BCUT2D eigenvalue weighted by molar-refractivity contribution is 5.79. The summed E-state index contributed by atoms with van der Waals surface area (Å²) >= 11 is 0. The van der Waals surface area contributed by atoms with Gasteiger partial charge in [-0.3, -0.25) is 18.8 Å². The first-order valence-corrected chi connectivity index (χ1v) is 10.1. The Morgan fingerprint density at radius 1 is 1.10 bits per heavy atom. The maximum Gasteiger partial charge on any atom is 0.417 e. The fourth-order valence-electron chi connectivity index (χ4n) is 4.29. The minimum atomic E-state index is -4.74. The number of aryl methyl sites for hydroxylation is 1. The number of alkyl halides is 3. The van der Waals surface area contributed by atoms with Crippen LogP contribution in [0, 0.1) is 0 Å². The monoisotopic (exact) mass is 432 g/mol. The summed E-state index contributed by atoms with van der Waals surface area (Å²) in [5.74, 6) is -0.220. The largest absolute Gasteiger partial charge is 0.417 e. The molecule has 164 valence electrons. The standard InChI is InChI=1S/C22H23F3N4O2/c1-27-19-18(20(30)28(2)21(27)31)16(22(23,24)25)11-17(26-19)15-9-6-10-29(13-15)12-14-7-4-3-5-8-14/h3-5,7-8,11,15H,6,9-10,12-13H2,1-2H3/t15-/m1/s1. The van der Waals surface area contributed by atoms with E-state index in [9.17, 15) is 22.8 Å². The lowest BCUT2D eigenvalue weighted by atomic mass is 9.92. The fourth-order valence-corrected chi connectivity index (χ4v) is 4.29. The van der Waals surface area contributed by atoms with E-state index in [1.165, 1.54) is 14.1 Å². The summed E-state index contributed by atoms with van der Waals surface area (Å²) in [5, 5.41) is -0.571. The molecule has 0 bridgehead atoms. The summed E-state index contributed by atoms with van der Waals surface area (Å²) in [7, 11) is 2.50. The van der Waals surface area contributed by atoms with Crippen LogP contribution in [0.2, 0.25) is 0 Å². The Balaban J connectivity index is 1.79. The van der Waals surface area contributed by atoms with Crippen molar-refractivity contribution in [3.8, 4) is 0 Å². The third kappa shape index (κ3) is 4.01. The molecule has 0 amide bonds. The average Bonchev–Trinajstić information content (AvgIpc) is 2.75. The van der Waals surface area contributed by atoms with E-state index in [0.29, 0.717) is 24.1 Å². The second-order valence-electron chi connectivity index (χ2n) is 8.06. The van der Waals surface area contributed by atoms with E-state index < -0.39 is 28.4 Å². The Bertz CT molecular complexity index is 1230. The number of nitrogens with zero attached hydrogens (tertiary/aromatic N) is 4. The van der Waals surface area contributed by atoms with Crippen molar-refractivity contribution in [2.45, 2.75) is 31.5 Å². The zero-order chi connectivity index (χ0) is 22.3. The van der Waals surface area contributed by atoms with Crippen LogP contribution in [0.15, 0.2) is 46.0 Å². The van der Waals surface area contributed by atoms with Crippen molar-refractivity contribution in [2.75, 3.05) is 13.1 Å². The number of halogens is 3. The minimum Gasteiger partial charge on any atom is -0.298 e. The van der Waals surface area contributed by atoms with E-state index in [-0.39, 0.29) is 17.3 Å². The Labute approximate surface area is 176 Å². The summed E-state index contributed by atoms with van der Waals surface area (Å²) in [5.41, 5.74) is -1.55. The van der Waals surface area contributed by atoms with Crippen molar-refractivity contribution in [1.29, 1.82) is 0 Å². The first-order chi connectivity index (χ1) is 14.7. The normalized spacial score (nSPS) is 17.9. The molecule has 0 aliphatic carbocycles. The molecule has 31 heavy (non-hydrogen) atoms. The molecule has 3 heterocycles.